The lowest BCUT2D eigenvalue weighted by Crippen LogP contribution is -2.48. The van der Waals surface area contributed by atoms with E-state index in [-0.39, 0.29) is 0 Å². The second-order valence-corrected chi connectivity index (χ2v) is 6.14. The Labute approximate surface area is 98.7 Å². The maximum atomic E-state index is 13.0. The molecule has 0 amide bonds. The molecule has 0 radical (unpaired) electrons. The van der Waals surface area contributed by atoms with Crippen LogP contribution in [0.3, 0.4) is 0 Å². The van der Waals surface area contributed by atoms with E-state index in [2.05, 4.69) is 0 Å². The first-order valence-corrected chi connectivity index (χ1v) is 6.29. The molecule has 0 aromatic carbocycles. The number of halogens is 2. The molecule has 0 unspecified atom stereocenters. The maximum Gasteiger partial charge on any atom is 0.337 e. The van der Waals surface area contributed by atoms with Crippen LogP contribution in [-0.2, 0) is 4.79 Å². The third kappa shape index (κ3) is 1.60. The van der Waals surface area contributed by atoms with Gasteiger partial charge in [0.15, 0.2) is 0 Å². The summed E-state index contributed by atoms with van der Waals surface area (Å²) in [6, 6.07) is 0. The fraction of sp³-hybridized carbons (Fsp3) is 0.769. The number of hydrogen-bond acceptors (Lipinski definition) is 1. The van der Waals surface area contributed by atoms with Crippen molar-refractivity contribution < 1.29 is 18.7 Å². The summed E-state index contributed by atoms with van der Waals surface area (Å²) >= 11 is 0. The first-order valence-electron chi connectivity index (χ1n) is 6.29. The smallest absolute Gasteiger partial charge is 0.337 e. The molecule has 94 valence electrons. The van der Waals surface area contributed by atoms with E-state index in [1.165, 1.54) is 0 Å². The molecule has 4 heteroatoms. The molecule has 4 rings (SSSR count). The van der Waals surface area contributed by atoms with Gasteiger partial charge in [-0.25, -0.2) is 4.79 Å². The van der Waals surface area contributed by atoms with Crippen LogP contribution < -0.4 is 0 Å². The lowest BCUT2D eigenvalue weighted by molar-refractivity contribution is -0.137. The highest BCUT2D eigenvalue weighted by atomic mass is 19.3. The van der Waals surface area contributed by atoms with Crippen LogP contribution in [0.5, 0.6) is 0 Å². The summed E-state index contributed by atoms with van der Waals surface area (Å²) in [6.45, 7) is 0. The van der Waals surface area contributed by atoms with Gasteiger partial charge in [-0.05, 0) is 56.3 Å². The summed E-state index contributed by atoms with van der Waals surface area (Å²) in [5, 5.41) is 9.07. The summed E-state index contributed by atoms with van der Waals surface area (Å²) in [6.07, 6.45) is 3.40. The lowest BCUT2D eigenvalue weighted by Gasteiger charge is -2.56. The largest absolute Gasteiger partial charge is 0.478 e. The van der Waals surface area contributed by atoms with Crippen molar-refractivity contribution in [2.45, 2.75) is 38.5 Å². The Hall–Kier alpha value is -0.930. The van der Waals surface area contributed by atoms with Gasteiger partial charge in [0.1, 0.15) is 5.57 Å². The Balaban J connectivity index is 2.01. The van der Waals surface area contributed by atoms with Crippen LogP contribution in [0, 0.1) is 23.2 Å². The van der Waals surface area contributed by atoms with Crippen molar-refractivity contribution in [3.8, 4) is 0 Å². The Morgan fingerprint density at radius 2 is 1.41 bits per heavy atom. The van der Waals surface area contributed by atoms with Gasteiger partial charge in [-0.15, -0.1) is 0 Å². The molecule has 0 saturated heterocycles. The van der Waals surface area contributed by atoms with E-state index < -0.39 is 23.0 Å². The van der Waals surface area contributed by atoms with Gasteiger partial charge in [-0.3, -0.25) is 0 Å². The van der Waals surface area contributed by atoms with Crippen LogP contribution in [0.15, 0.2) is 11.7 Å². The molecule has 0 aliphatic heterocycles. The predicted molar refractivity (Wildman–Crippen MR) is 57.5 cm³/mol. The average Bonchev–Trinajstić information content (AvgIpc) is 2.11. The van der Waals surface area contributed by atoms with E-state index in [1.807, 2.05) is 0 Å². The molecule has 0 aromatic heterocycles. The minimum absolute atomic E-state index is 0.481. The van der Waals surface area contributed by atoms with Gasteiger partial charge in [0.2, 0.25) is 0 Å². The third-order valence-corrected chi connectivity index (χ3v) is 4.97. The van der Waals surface area contributed by atoms with E-state index in [1.54, 1.807) is 0 Å². The summed E-state index contributed by atoms with van der Waals surface area (Å²) in [5.41, 5.74) is -1.28. The molecular formula is C13H16F2O2. The first-order chi connectivity index (χ1) is 8.00. The number of carbonyl (C=O) groups is 1. The number of aliphatic carboxylic acids is 1. The van der Waals surface area contributed by atoms with Crippen molar-refractivity contribution in [2.24, 2.45) is 23.2 Å². The molecule has 4 fully saturated rings. The van der Waals surface area contributed by atoms with Crippen LogP contribution >= 0.6 is 0 Å². The number of hydrogen-bond donors (Lipinski definition) is 1. The van der Waals surface area contributed by atoms with Crippen LogP contribution in [0.25, 0.3) is 0 Å². The molecule has 1 N–H and O–H groups in total. The van der Waals surface area contributed by atoms with Crippen molar-refractivity contribution in [3.63, 3.8) is 0 Å². The van der Waals surface area contributed by atoms with Gasteiger partial charge < -0.3 is 5.11 Å². The van der Waals surface area contributed by atoms with E-state index in [0.717, 1.165) is 19.3 Å². The zero-order chi connectivity index (χ0) is 12.2. The molecule has 4 aliphatic carbocycles. The van der Waals surface area contributed by atoms with Crippen molar-refractivity contribution >= 4 is 5.97 Å². The monoisotopic (exact) mass is 242 g/mol. The zero-order valence-electron chi connectivity index (χ0n) is 9.59. The van der Waals surface area contributed by atoms with Gasteiger partial charge in [-0.1, -0.05) is 0 Å². The standard InChI is InChI=1S/C13H16F2O2/c14-11(15)10(12(16)17)13-4-7-1-8(5-13)3-9(2-7)6-13/h7-9H,1-6H2,(H,16,17). The van der Waals surface area contributed by atoms with E-state index in [0.29, 0.717) is 37.0 Å². The van der Waals surface area contributed by atoms with Gasteiger partial charge in [0.25, 0.3) is 6.08 Å². The number of carboxylic acid groups (broad SMARTS) is 1. The molecule has 4 saturated carbocycles. The molecule has 0 atom stereocenters. The predicted octanol–water partition coefficient (Wildman–Crippen LogP) is 3.44. The van der Waals surface area contributed by atoms with Crippen molar-refractivity contribution in [1.29, 1.82) is 0 Å². The van der Waals surface area contributed by atoms with Crippen LogP contribution in [-0.4, -0.2) is 11.1 Å². The molecule has 17 heavy (non-hydrogen) atoms. The van der Waals surface area contributed by atoms with Gasteiger partial charge >= 0.3 is 5.97 Å². The minimum Gasteiger partial charge on any atom is -0.478 e. The molecule has 0 heterocycles. The van der Waals surface area contributed by atoms with E-state index in [4.69, 9.17) is 5.11 Å². The van der Waals surface area contributed by atoms with Gasteiger partial charge in [0.05, 0.1) is 0 Å². The molecule has 0 spiro atoms. The Morgan fingerprint density at radius 3 is 1.71 bits per heavy atom. The molecule has 2 nitrogen and oxygen atoms in total. The van der Waals surface area contributed by atoms with Crippen molar-refractivity contribution in [2.75, 3.05) is 0 Å². The lowest BCUT2D eigenvalue weighted by atomic mass is 9.48. The topological polar surface area (TPSA) is 37.3 Å². The second-order valence-electron chi connectivity index (χ2n) is 6.14. The summed E-state index contributed by atoms with van der Waals surface area (Å²) < 4.78 is 25.9. The normalized spacial score (nSPS) is 42.6. The molecule has 4 bridgehead atoms. The minimum atomic E-state index is -1.97. The summed E-state index contributed by atoms with van der Waals surface area (Å²) in [7, 11) is 0. The van der Waals surface area contributed by atoms with Crippen LogP contribution in [0.1, 0.15) is 38.5 Å². The summed E-state index contributed by atoms with van der Waals surface area (Å²) in [4.78, 5) is 11.1. The fourth-order valence-electron chi connectivity index (χ4n) is 4.92. The Morgan fingerprint density at radius 1 is 1.00 bits per heavy atom. The molecule has 0 aromatic rings. The maximum absolute atomic E-state index is 13.0. The Bertz CT molecular complexity index is 361. The van der Waals surface area contributed by atoms with Gasteiger partial charge in [-0.2, -0.15) is 8.78 Å². The first kappa shape index (κ1) is 11.2. The number of carboxylic acids is 1. The highest BCUT2D eigenvalue weighted by Crippen LogP contribution is 2.63. The summed E-state index contributed by atoms with van der Waals surface area (Å²) in [5.74, 6) is 0.0341. The number of rotatable bonds is 2. The Kier molecular flexibility index (Phi) is 2.32. The highest BCUT2D eigenvalue weighted by molar-refractivity contribution is 5.88. The van der Waals surface area contributed by atoms with Gasteiger partial charge in [0, 0.05) is 5.41 Å². The van der Waals surface area contributed by atoms with E-state index in [9.17, 15) is 13.6 Å². The van der Waals surface area contributed by atoms with Crippen molar-refractivity contribution in [1.82, 2.24) is 0 Å². The second kappa shape index (κ2) is 3.53. The zero-order valence-corrected chi connectivity index (χ0v) is 9.59. The van der Waals surface area contributed by atoms with E-state index >= 15 is 0 Å². The van der Waals surface area contributed by atoms with Crippen LogP contribution in [0.2, 0.25) is 0 Å². The highest BCUT2D eigenvalue weighted by Gasteiger charge is 2.55. The third-order valence-electron chi connectivity index (χ3n) is 4.97. The molecular weight excluding hydrogens is 226 g/mol. The quantitative estimate of drug-likeness (QED) is 0.753. The average molecular weight is 242 g/mol. The fourth-order valence-corrected chi connectivity index (χ4v) is 4.92. The molecule has 4 aliphatic rings. The van der Waals surface area contributed by atoms with Crippen molar-refractivity contribution in [3.05, 3.63) is 11.7 Å². The SMILES string of the molecule is O=C(O)C(=C(F)F)C12CC3CC(CC(C3)C1)C2. The van der Waals surface area contributed by atoms with Crippen LogP contribution in [0.4, 0.5) is 8.78 Å².